The SMILES string of the molecule is COc1cc(C=CC(=O)CC(=O)CCCC(CCCO)CCC2CCNCC2)c(Cc2cnc(N)cc2CCc2cccc(CCc3ccccc3)c2)cc1O. The largest absolute Gasteiger partial charge is 0.504 e. The average molecular weight is 760 g/mol. The van der Waals surface area contributed by atoms with Crippen LogP contribution in [0.1, 0.15) is 103 Å². The van der Waals surface area contributed by atoms with E-state index in [0.717, 1.165) is 99.0 Å². The number of piperidine rings is 1. The van der Waals surface area contributed by atoms with Gasteiger partial charge in [0.25, 0.3) is 0 Å². The van der Waals surface area contributed by atoms with Crippen LogP contribution in [0, 0.1) is 11.8 Å². The number of rotatable bonds is 23. The molecular formula is C48H61N3O5. The molecular weight excluding hydrogens is 699 g/mol. The lowest BCUT2D eigenvalue weighted by Crippen LogP contribution is -2.28. The van der Waals surface area contributed by atoms with Crippen LogP contribution in [0.2, 0.25) is 0 Å². The Bertz CT molecular complexity index is 1870. The summed E-state index contributed by atoms with van der Waals surface area (Å²) < 4.78 is 5.41. The number of hydrogen-bond acceptors (Lipinski definition) is 8. The van der Waals surface area contributed by atoms with Gasteiger partial charge in [-0.25, -0.2) is 4.98 Å². The highest BCUT2D eigenvalue weighted by molar-refractivity contribution is 6.06. The lowest BCUT2D eigenvalue weighted by atomic mass is 9.85. The minimum absolute atomic E-state index is 0.00599. The van der Waals surface area contributed by atoms with Crippen molar-refractivity contribution in [3.63, 3.8) is 0 Å². The van der Waals surface area contributed by atoms with E-state index in [9.17, 15) is 19.8 Å². The van der Waals surface area contributed by atoms with E-state index in [2.05, 4.69) is 58.8 Å². The van der Waals surface area contributed by atoms with Crippen LogP contribution in [-0.4, -0.2) is 53.6 Å². The summed E-state index contributed by atoms with van der Waals surface area (Å²) in [6.07, 6.45) is 17.5. The summed E-state index contributed by atoms with van der Waals surface area (Å²) >= 11 is 0. The quantitative estimate of drug-likeness (QED) is 0.0438. The molecule has 4 aromatic rings. The van der Waals surface area contributed by atoms with Crippen LogP contribution in [0.15, 0.2) is 85.1 Å². The number of carbonyl (C=O) groups excluding carboxylic acids is 2. The third kappa shape index (κ3) is 14.1. The molecule has 8 nitrogen and oxygen atoms in total. The number of benzene rings is 3. The zero-order valence-electron chi connectivity index (χ0n) is 33.2. The van der Waals surface area contributed by atoms with Gasteiger partial charge < -0.3 is 26.0 Å². The highest BCUT2D eigenvalue weighted by Gasteiger charge is 2.18. The number of aromatic nitrogens is 1. The molecule has 0 aliphatic carbocycles. The number of nitrogen functional groups attached to an aromatic ring is 1. The van der Waals surface area contributed by atoms with Gasteiger partial charge in [-0.15, -0.1) is 0 Å². The monoisotopic (exact) mass is 759 g/mol. The zero-order valence-corrected chi connectivity index (χ0v) is 33.2. The lowest BCUT2D eigenvalue weighted by Gasteiger charge is -2.25. The molecule has 1 fully saturated rings. The second kappa shape index (κ2) is 22.7. The van der Waals surface area contributed by atoms with E-state index in [4.69, 9.17) is 10.5 Å². The van der Waals surface area contributed by atoms with E-state index in [1.165, 1.54) is 49.1 Å². The van der Waals surface area contributed by atoms with E-state index in [1.807, 2.05) is 12.1 Å². The molecule has 0 spiro atoms. The number of phenols is 1. The number of methoxy groups -OCH3 is 1. The van der Waals surface area contributed by atoms with E-state index in [1.54, 1.807) is 24.4 Å². The van der Waals surface area contributed by atoms with Crippen LogP contribution >= 0.6 is 0 Å². The molecule has 3 aromatic carbocycles. The van der Waals surface area contributed by atoms with Crippen LogP contribution in [0.3, 0.4) is 0 Å². The van der Waals surface area contributed by atoms with Crippen molar-refractivity contribution in [1.29, 1.82) is 0 Å². The molecule has 0 amide bonds. The molecule has 1 aliphatic heterocycles. The van der Waals surface area contributed by atoms with Crippen molar-refractivity contribution in [3.05, 3.63) is 124 Å². The summed E-state index contributed by atoms with van der Waals surface area (Å²) in [6.45, 7) is 2.39. The van der Waals surface area contributed by atoms with Gasteiger partial charge in [0.05, 0.1) is 13.5 Å². The minimum atomic E-state index is -0.253. The first-order valence-corrected chi connectivity index (χ1v) is 20.6. The number of nitrogens with zero attached hydrogens (tertiary/aromatic N) is 1. The van der Waals surface area contributed by atoms with E-state index >= 15 is 0 Å². The Morgan fingerprint density at radius 3 is 2.34 bits per heavy atom. The van der Waals surface area contributed by atoms with Crippen molar-refractivity contribution in [2.24, 2.45) is 11.8 Å². The van der Waals surface area contributed by atoms with Gasteiger partial charge in [0.2, 0.25) is 0 Å². The van der Waals surface area contributed by atoms with Crippen molar-refractivity contribution in [1.82, 2.24) is 10.3 Å². The number of ketones is 2. The summed E-state index contributed by atoms with van der Waals surface area (Å²) in [5.41, 5.74) is 13.6. The number of carbonyl (C=O) groups is 2. The first-order valence-electron chi connectivity index (χ1n) is 20.6. The third-order valence-electron chi connectivity index (χ3n) is 11.2. The molecule has 5 N–H and O–H groups in total. The number of nitrogens with one attached hydrogen (secondary N) is 1. The number of anilines is 1. The van der Waals surface area contributed by atoms with E-state index in [-0.39, 0.29) is 30.3 Å². The van der Waals surface area contributed by atoms with Gasteiger partial charge in [0.1, 0.15) is 11.6 Å². The number of nitrogens with two attached hydrogens (primary N) is 1. The molecule has 5 rings (SSSR count). The molecule has 0 radical (unpaired) electrons. The highest BCUT2D eigenvalue weighted by atomic mass is 16.5. The number of aryl methyl sites for hydroxylation is 4. The van der Waals surface area contributed by atoms with Crippen LogP contribution in [-0.2, 0) is 41.7 Å². The Balaban J connectivity index is 1.18. The van der Waals surface area contributed by atoms with Gasteiger partial charge in [-0.1, -0.05) is 79.9 Å². The van der Waals surface area contributed by atoms with Crippen LogP contribution < -0.4 is 15.8 Å². The topological polar surface area (TPSA) is 135 Å². The molecule has 1 atom stereocenters. The average Bonchev–Trinajstić information content (AvgIpc) is 3.21. The Morgan fingerprint density at radius 1 is 0.875 bits per heavy atom. The Hall–Kier alpha value is -4.79. The van der Waals surface area contributed by atoms with Crippen molar-refractivity contribution in [2.45, 2.75) is 96.3 Å². The first kappa shape index (κ1) is 42.4. The standard InChI is InChI=1S/C48H61N3O5/c1-56-47-31-40(21-22-45(54)33-44(53)14-6-10-36(13-7-27-52)15-16-37-23-25-50-26-24-37)42(30-46(47)55)29-43-34-51-48(49)32-41(43)20-19-39-12-5-11-38(28-39)18-17-35-8-3-2-4-9-35/h2-5,8-9,11-12,21-22,28,30-32,34,36-37,50,52,55H,6-7,10,13-20,23-27,29,33H2,1H3,(H2,49,51). The zero-order chi connectivity index (χ0) is 39.5. The lowest BCUT2D eigenvalue weighted by molar-refractivity contribution is -0.124. The molecule has 1 saturated heterocycles. The van der Waals surface area contributed by atoms with Crippen molar-refractivity contribution in [2.75, 3.05) is 32.5 Å². The molecule has 0 saturated carbocycles. The maximum absolute atomic E-state index is 13.0. The number of aliphatic hydroxyl groups excluding tert-OH is 1. The Labute approximate surface area is 333 Å². The van der Waals surface area contributed by atoms with Crippen LogP contribution in [0.4, 0.5) is 5.82 Å². The number of Topliss-reactive ketones (excluding diaryl/α,β-unsaturated/α-hetero) is 1. The molecule has 0 bridgehead atoms. The van der Waals surface area contributed by atoms with E-state index < -0.39 is 0 Å². The molecule has 56 heavy (non-hydrogen) atoms. The number of hydrogen-bond donors (Lipinski definition) is 4. The van der Waals surface area contributed by atoms with Gasteiger partial charge in [0.15, 0.2) is 17.3 Å². The molecule has 8 heteroatoms. The molecule has 2 heterocycles. The second-order valence-corrected chi connectivity index (χ2v) is 15.5. The normalized spacial score (nSPS) is 13.9. The van der Waals surface area contributed by atoms with Gasteiger partial charge in [-0.2, -0.15) is 0 Å². The molecule has 1 unspecified atom stereocenters. The first-order chi connectivity index (χ1) is 27.3. The third-order valence-corrected chi connectivity index (χ3v) is 11.2. The molecule has 1 aromatic heterocycles. The minimum Gasteiger partial charge on any atom is -0.504 e. The fraction of sp³-hybridized carbons (Fsp3) is 0.438. The van der Waals surface area contributed by atoms with Gasteiger partial charge >= 0.3 is 0 Å². The molecule has 1 aliphatic rings. The van der Waals surface area contributed by atoms with Gasteiger partial charge in [-0.3, -0.25) is 9.59 Å². The maximum Gasteiger partial charge on any atom is 0.163 e. The van der Waals surface area contributed by atoms with Crippen molar-refractivity contribution < 1.29 is 24.5 Å². The van der Waals surface area contributed by atoms with E-state index in [0.29, 0.717) is 30.3 Å². The maximum atomic E-state index is 13.0. The molecule has 298 valence electrons. The predicted molar refractivity (Wildman–Crippen MR) is 226 cm³/mol. The number of phenolic OH excluding ortho intramolecular Hbond substituents is 1. The number of aromatic hydroxyl groups is 1. The highest BCUT2D eigenvalue weighted by Crippen LogP contribution is 2.32. The van der Waals surface area contributed by atoms with Crippen LogP contribution in [0.25, 0.3) is 6.08 Å². The van der Waals surface area contributed by atoms with Gasteiger partial charge in [0, 0.05) is 19.2 Å². The summed E-state index contributed by atoms with van der Waals surface area (Å²) in [5, 5.41) is 23.6. The second-order valence-electron chi connectivity index (χ2n) is 15.5. The number of allylic oxidation sites excluding steroid dienone is 1. The number of pyridine rings is 1. The van der Waals surface area contributed by atoms with Crippen LogP contribution in [0.5, 0.6) is 11.5 Å². The summed E-state index contributed by atoms with van der Waals surface area (Å²) in [4.78, 5) is 30.3. The smallest absolute Gasteiger partial charge is 0.163 e. The summed E-state index contributed by atoms with van der Waals surface area (Å²) in [6, 6.07) is 24.6. The number of ether oxygens (including phenoxy) is 1. The number of aliphatic hydroxyl groups is 1. The van der Waals surface area contributed by atoms with Crippen molar-refractivity contribution >= 4 is 23.5 Å². The van der Waals surface area contributed by atoms with Crippen molar-refractivity contribution in [3.8, 4) is 11.5 Å². The Morgan fingerprint density at radius 2 is 1.59 bits per heavy atom. The van der Waals surface area contributed by atoms with Gasteiger partial charge in [-0.05, 0) is 152 Å². The summed E-state index contributed by atoms with van der Waals surface area (Å²) in [5.74, 6) is 1.72. The fourth-order valence-electron chi connectivity index (χ4n) is 7.96. The fourth-order valence-corrected chi connectivity index (χ4v) is 7.96. The predicted octanol–water partition coefficient (Wildman–Crippen LogP) is 8.42. The Kier molecular flexibility index (Phi) is 17.2. The summed E-state index contributed by atoms with van der Waals surface area (Å²) in [7, 11) is 1.49.